The van der Waals surface area contributed by atoms with Crippen LogP contribution in [0.2, 0.25) is 0 Å². The summed E-state index contributed by atoms with van der Waals surface area (Å²) in [5.41, 5.74) is 3.52. The van der Waals surface area contributed by atoms with Crippen LogP contribution in [-0.4, -0.2) is 53.7 Å². The number of hydrogen-bond donors (Lipinski definition) is 2. The molecule has 1 aliphatic carbocycles. The summed E-state index contributed by atoms with van der Waals surface area (Å²) in [4.78, 5) is 38.4. The van der Waals surface area contributed by atoms with Crippen LogP contribution in [0.15, 0.2) is 61.2 Å². The van der Waals surface area contributed by atoms with Crippen molar-refractivity contribution in [2.24, 2.45) is 5.41 Å². The Morgan fingerprint density at radius 2 is 1.73 bits per heavy atom. The summed E-state index contributed by atoms with van der Waals surface area (Å²) < 4.78 is 5.54. The molecule has 1 atom stereocenters. The van der Waals surface area contributed by atoms with Gasteiger partial charge < -0.3 is 20.1 Å². The number of hydrogen-bond acceptors (Lipinski definition) is 4. The summed E-state index contributed by atoms with van der Waals surface area (Å²) in [5.74, 6) is -1.31. The van der Waals surface area contributed by atoms with Gasteiger partial charge in [-0.2, -0.15) is 0 Å². The fourth-order valence-corrected chi connectivity index (χ4v) is 4.81. The molecule has 1 aliphatic heterocycles. The largest absolute Gasteiger partial charge is 0.481 e. The predicted octanol–water partition coefficient (Wildman–Crippen LogP) is 3.79. The first-order valence-corrected chi connectivity index (χ1v) is 11.1. The van der Waals surface area contributed by atoms with E-state index in [1.54, 1.807) is 13.0 Å². The molecule has 2 aromatic carbocycles. The van der Waals surface area contributed by atoms with Crippen LogP contribution in [0.25, 0.3) is 11.1 Å². The second-order valence-electron chi connectivity index (χ2n) is 8.70. The van der Waals surface area contributed by atoms with Crippen molar-refractivity contribution in [3.8, 4) is 11.1 Å². The van der Waals surface area contributed by atoms with E-state index in [4.69, 9.17) is 4.74 Å². The Labute approximate surface area is 193 Å². The lowest BCUT2D eigenvalue weighted by molar-refractivity contribution is -0.166. The molecule has 0 saturated carbocycles. The molecule has 33 heavy (non-hydrogen) atoms. The molecular weight excluding hydrogens is 420 g/mol. The zero-order valence-electron chi connectivity index (χ0n) is 18.6. The van der Waals surface area contributed by atoms with Crippen molar-refractivity contribution in [2.45, 2.75) is 31.7 Å². The van der Waals surface area contributed by atoms with Crippen molar-refractivity contribution in [3.05, 3.63) is 72.3 Å². The summed E-state index contributed by atoms with van der Waals surface area (Å²) in [5, 5.41) is 12.1. The molecule has 2 N–H and O–H groups in total. The molecule has 0 spiro atoms. The number of amides is 2. The first-order valence-electron chi connectivity index (χ1n) is 11.1. The number of rotatable bonds is 8. The molecule has 7 heteroatoms. The molecule has 2 aromatic rings. The van der Waals surface area contributed by atoms with Crippen LogP contribution in [0.4, 0.5) is 4.79 Å². The van der Waals surface area contributed by atoms with E-state index >= 15 is 0 Å². The van der Waals surface area contributed by atoms with Gasteiger partial charge in [-0.3, -0.25) is 9.59 Å². The number of fused-ring (bicyclic) bond motifs is 3. The van der Waals surface area contributed by atoms with Gasteiger partial charge in [0.05, 0.1) is 0 Å². The van der Waals surface area contributed by atoms with Crippen LogP contribution in [0.1, 0.15) is 36.8 Å². The van der Waals surface area contributed by atoms with Gasteiger partial charge in [0.2, 0.25) is 5.91 Å². The van der Waals surface area contributed by atoms with Gasteiger partial charge in [-0.15, -0.1) is 6.58 Å². The molecular formula is C26H28N2O5. The highest BCUT2D eigenvalue weighted by Gasteiger charge is 2.51. The van der Waals surface area contributed by atoms with Gasteiger partial charge in [0, 0.05) is 19.0 Å². The standard InChI is InChI=1S/C26H28N2O5/c1-3-13-26(24(30)31)15-28(16-26)23(29)22(4-2)27-25(32)33-14-21-19-11-7-5-9-17(19)18-10-6-8-12-20(18)21/h3,5-12,21-22H,1,4,13-16H2,2H3,(H,27,32)(H,30,31). The predicted molar refractivity (Wildman–Crippen MR) is 124 cm³/mol. The second kappa shape index (κ2) is 9.10. The molecule has 1 saturated heterocycles. The van der Waals surface area contributed by atoms with Crippen molar-refractivity contribution in [2.75, 3.05) is 19.7 Å². The molecule has 4 rings (SSSR count). The number of carbonyl (C=O) groups excluding carboxylic acids is 2. The Bertz CT molecular complexity index is 1040. The van der Waals surface area contributed by atoms with Crippen molar-refractivity contribution in [1.82, 2.24) is 10.2 Å². The molecule has 1 heterocycles. The summed E-state index contributed by atoms with van der Waals surface area (Å²) in [6.07, 6.45) is 1.57. The lowest BCUT2D eigenvalue weighted by Gasteiger charge is -2.47. The van der Waals surface area contributed by atoms with E-state index in [9.17, 15) is 19.5 Å². The monoisotopic (exact) mass is 448 g/mol. The van der Waals surface area contributed by atoms with Gasteiger partial charge in [0.25, 0.3) is 0 Å². The number of carboxylic acid groups (broad SMARTS) is 1. The Kier molecular flexibility index (Phi) is 6.22. The third-order valence-electron chi connectivity index (χ3n) is 6.63. The number of aliphatic carboxylic acids is 1. The van der Waals surface area contributed by atoms with Crippen LogP contribution in [0, 0.1) is 5.41 Å². The summed E-state index contributed by atoms with van der Waals surface area (Å²) >= 11 is 0. The minimum Gasteiger partial charge on any atom is -0.481 e. The summed E-state index contributed by atoms with van der Waals surface area (Å²) in [7, 11) is 0. The van der Waals surface area contributed by atoms with E-state index in [0.717, 1.165) is 22.3 Å². The van der Waals surface area contributed by atoms with Crippen LogP contribution in [0.5, 0.6) is 0 Å². The maximum absolute atomic E-state index is 12.8. The average Bonchev–Trinajstić information content (AvgIpc) is 3.11. The van der Waals surface area contributed by atoms with E-state index in [2.05, 4.69) is 24.0 Å². The number of benzene rings is 2. The van der Waals surface area contributed by atoms with Crippen molar-refractivity contribution in [1.29, 1.82) is 0 Å². The number of ether oxygens (including phenoxy) is 1. The van der Waals surface area contributed by atoms with E-state index in [-0.39, 0.29) is 31.5 Å². The third kappa shape index (κ3) is 4.11. The maximum atomic E-state index is 12.8. The highest BCUT2D eigenvalue weighted by atomic mass is 16.5. The SMILES string of the molecule is C=CCC1(C(=O)O)CN(C(=O)C(CC)NC(=O)OCC2c3ccccc3-c3ccccc32)C1. The molecule has 0 aromatic heterocycles. The quantitative estimate of drug-likeness (QED) is 0.599. The second-order valence-corrected chi connectivity index (χ2v) is 8.70. The molecule has 0 radical (unpaired) electrons. The van der Waals surface area contributed by atoms with E-state index < -0.39 is 23.5 Å². The van der Waals surface area contributed by atoms with Gasteiger partial charge in [0.15, 0.2) is 0 Å². The first-order chi connectivity index (χ1) is 15.9. The Balaban J connectivity index is 1.36. The number of nitrogens with one attached hydrogen (secondary N) is 1. The Morgan fingerprint density at radius 1 is 1.15 bits per heavy atom. The highest BCUT2D eigenvalue weighted by Crippen LogP contribution is 2.44. The molecule has 2 amide bonds. The zero-order valence-corrected chi connectivity index (χ0v) is 18.6. The van der Waals surface area contributed by atoms with Gasteiger partial charge in [0.1, 0.15) is 18.1 Å². The summed E-state index contributed by atoms with van der Waals surface area (Å²) in [6, 6.07) is 15.4. The fourth-order valence-electron chi connectivity index (χ4n) is 4.81. The minimum atomic E-state index is -0.987. The highest BCUT2D eigenvalue weighted by molar-refractivity contribution is 5.89. The van der Waals surface area contributed by atoms with Crippen LogP contribution in [0.3, 0.4) is 0 Å². The van der Waals surface area contributed by atoms with Crippen LogP contribution in [-0.2, 0) is 14.3 Å². The number of allylic oxidation sites excluding steroid dienone is 1. The van der Waals surface area contributed by atoms with Gasteiger partial charge in [-0.05, 0) is 35.1 Å². The number of alkyl carbamates (subject to hydrolysis) is 1. The number of carbonyl (C=O) groups is 3. The molecule has 1 fully saturated rings. The zero-order chi connectivity index (χ0) is 23.6. The smallest absolute Gasteiger partial charge is 0.407 e. The fraction of sp³-hybridized carbons (Fsp3) is 0.346. The number of carboxylic acids is 1. The van der Waals surface area contributed by atoms with Gasteiger partial charge in [-0.25, -0.2) is 4.79 Å². The molecule has 2 aliphatic rings. The average molecular weight is 449 g/mol. The van der Waals surface area contributed by atoms with Crippen molar-refractivity contribution in [3.63, 3.8) is 0 Å². The van der Waals surface area contributed by atoms with E-state index in [1.807, 2.05) is 36.4 Å². The minimum absolute atomic E-state index is 0.0654. The first kappa shape index (κ1) is 22.6. The molecule has 172 valence electrons. The molecule has 0 bridgehead atoms. The third-order valence-corrected chi connectivity index (χ3v) is 6.63. The van der Waals surface area contributed by atoms with Crippen molar-refractivity contribution >= 4 is 18.0 Å². The van der Waals surface area contributed by atoms with E-state index in [0.29, 0.717) is 12.8 Å². The number of nitrogens with zero attached hydrogens (tertiary/aromatic N) is 1. The van der Waals surface area contributed by atoms with Gasteiger partial charge in [-0.1, -0.05) is 61.5 Å². The Hall–Kier alpha value is -3.61. The summed E-state index contributed by atoms with van der Waals surface area (Å²) in [6.45, 7) is 5.78. The normalized spacial score (nSPS) is 16.7. The number of likely N-dealkylation sites (tertiary alicyclic amines) is 1. The Morgan fingerprint density at radius 3 is 2.24 bits per heavy atom. The maximum Gasteiger partial charge on any atom is 0.407 e. The van der Waals surface area contributed by atoms with Gasteiger partial charge >= 0.3 is 12.1 Å². The van der Waals surface area contributed by atoms with Crippen LogP contribution < -0.4 is 5.32 Å². The topological polar surface area (TPSA) is 95.9 Å². The molecule has 1 unspecified atom stereocenters. The van der Waals surface area contributed by atoms with E-state index in [1.165, 1.54) is 4.90 Å². The lowest BCUT2D eigenvalue weighted by Crippen LogP contribution is -2.65. The lowest BCUT2D eigenvalue weighted by atomic mass is 9.76. The molecule has 7 nitrogen and oxygen atoms in total. The van der Waals surface area contributed by atoms with Crippen LogP contribution >= 0.6 is 0 Å². The van der Waals surface area contributed by atoms with Crippen molar-refractivity contribution < 1.29 is 24.2 Å².